The molecule has 0 aliphatic carbocycles. The van der Waals surface area contributed by atoms with Gasteiger partial charge in [0.1, 0.15) is 0 Å². The fourth-order valence-corrected chi connectivity index (χ4v) is 8.18. The van der Waals surface area contributed by atoms with E-state index in [2.05, 4.69) is 173 Å². The van der Waals surface area contributed by atoms with Gasteiger partial charge in [0, 0.05) is 65.6 Å². The monoisotopic (exact) mass is 662 g/mol. The predicted molar refractivity (Wildman–Crippen MR) is 217 cm³/mol. The topological polar surface area (TPSA) is 46.5 Å². The van der Waals surface area contributed by atoms with Gasteiger partial charge in [0.15, 0.2) is 5.82 Å². The first kappa shape index (κ1) is 28.8. The van der Waals surface area contributed by atoms with Crippen LogP contribution in [0.5, 0.6) is 0 Å². The van der Waals surface area contributed by atoms with Crippen molar-refractivity contribution in [2.45, 2.75) is 0 Å². The Labute approximate surface area is 299 Å². The van der Waals surface area contributed by atoms with Crippen LogP contribution in [0.1, 0.15) is 0 Å². The van der Waals surface area contributed by atoms with E-state index in [-0.39, 0.29) is 0 Å². The number of benzene rings is 8. The summed E-state index contributed by atoms with van der Waals surface area (Å²) >= 11 is 0. The van der Waals surface area contributed by atoms with Crippen molar-refractivity contribution in [1.29, 1.82) is 0 Å². The molecule has 0 amide bonds. The minimum atomic E-state index is 0.699. The summed E-state index contributed by atoms with van der Waals surface area (Å²) in [6, 6.07) is 62.4. The third-order valence-electron chi connectivity index (χ3n) is 10.5. The molecule has 3 aromatic heterocycles. The molecule has 0 saturated carbocycles. The minimum Gasteiger partial charge on any atom is -0.354 e. The fraction of sp³-hybridized carbons (Fsp3) is 0. The average molecular weight is 663 g/mol. The molecule has 0 fully saturated rings. The lowest BCUT2D eigenvalue weighted by molar-refractivity contribution is 1.17. The summed E-state index contributed by atoms with van der Waals surface area (Å²) in [5.74, 6) is 0.699. The van der Waals surface area contributed by atoms with Gasteiger partial charge in [-0.15, -0.1) is 0 Å². The number of fused-ring (bicyclic) bond motifs is 12. The minimum absolute atomic E-state index is 0.699. The molecule has 0 aliphatic heterocycles. The summed E-state index contributed by atoms with van der Waals surface area (Å²) in [4.78, 5) is 14.0. The maximum atomic E-state index is 5.11. The summed E-state index contributed by atoms with van der Waals surface area (Å²) in [5.41, 5.74) is 10.7. The molecule has 1 N–H and O–H groups in total. The van der Waals surface area contributed by atoms with Gasteiger partial charge < -0.3 is 9.55 Å². The van der Waals surface area contributed by atoms with Crippen molar-refractivity contribution >= 4 is 65.2 Å². The van der Waals surface area contributed by atoms with E-state index in [9.17, 15) is 0 Å². The van der Waals surface area contributed by atoms with E-state index < -0.39 is 0 Å². The van der Waals surface area contributed by atoms with Gasteiger partial charge in [0.05, 0.1) is 27.9 Å². The normalized spacial score (nSPS) is 11.8. The van der Waals surface area contributed by atoms with Crippen LogP contribution in [0.15, 0.2) is 176 Å². The van der Waals surface area contributed by atoms with Crippen LogP contribution in [-0.2, 0) is 0 Å². The number of nitrogens with zero attached hydrogens (tertiary/aromatic N) is 3. The number of hydrogen-bond donors (Lipinski definition) is 1. The molecule has 0 bridgehead atoms. The molecule has 0 saturated heterocycles. The van der Waals surface area contributed by atoms with Crippen LogP contribution in [-0.4, -0.2) is 19.5 Å². The van der Waals surface area contributed by atoms with E-state index in [1.54, 1.807) is 0 Å². The number of para-hydroxylation sites is 1. The Morgan fingerprint density at radius 1 is 0.404 bits per heavy atom. The third kappa shape index (κ3) is 4.28. The lowest BCUT2D eigenvalue weighted by Crippen LogP contribution is -1.98. The van der Waals surface area contributed by atoms with Crippen molar-refractivity contribution in [2.24, 2.45) is 0 Å². The average Bonchev–Trinajstić information content (AvgIpc) is 3.78. The van der Waals surface area contributed by atoms with Gasteiger partial charge in [-0.2, -0.15) is 0 Å². The molecule has 11 rings (SSSR count). The van der Waals surface area contributed by atoms with Gasteiger partial charge in [0.25, 0.3) is 0 Å². The Morgan fingerprint density at radius 3 is 1.71 bits per heavy atom. The molecule has 8 aromatic carbocycles. The highest BCUT2D eigenvalue weighted by Crippen LogP contribution is 2.46. The Hall–Kier alpha value is -7.04. The van der Waals surface area contributed by atoms with Crippen LogP contribution in [0.2, 0.25) is 0 Å². The molecule has 11 aromatic rings. The summed E-state index contributed by atoms with van der Waals surface area (Å²) in [5, 5.41) is 9.88. The van der Waals surface area contributed by atoms with Crippen molar-refractivity contribution in [1.82, 2.24) is 19.5 Å². The zero-order valence-corrected chi connectivity index (χ0v) is 28.1. The smallest absolute Gasteiger partial charge is 0.160 e. The van der Waals surface area contributed by atoms with E-state index in [0.717, 1.165) is 39.3 Å². The highest BCUT2D eigenvalue weighted by Gasteiger charge is 2.23. The molecule has 4 nitrogen and oxygen atoms in total. The Morgan fingerprint density at radius 2 is 1.00 bits per heavy atom. The SMILES string of the molecule is c1ccc(-c2cc(-c3ccccc3)nc(-c3ccc(-n4c5c6ccccc6ccc5c5c6c7ccccc7[nH]c6c6ccccc6c54)cc3)n2)cc1. The molecule has 0 aliphatic rings. The van der Waals surface area contributed by atoms with Gasteiger partial charge in [-0.25, -0.2) is 9.97 Å². The Balaban J connectivity index is 1.20. The van der Waals surface area contributed by atoms with Gasteiger partial charge in [-0.1, -0.05) is 140 Å². The predicted octanol–water partition coefficient (Wildman–Crippen LogP) is 12.5. The first-order chi connectivity index (χ1) is 25.8. The zero-order valence-electron chi connectivity index (χ0n) is 28.1. The Bertz CT molecular complexity index is 3100. The van der Waals surface area contributed by atoms with Crippen LogP contribution >= 0.6 is 0 Å². The first-order valence-electron chi connectivity index (χ1n) is 17.7. The largest absolute Gasteiger partial charge is 0.354 e. The number of aromatic amines is 1. The molecule has 0 radical (unpaired) electrons. The second-order valence-electron chi connectivity index (χ2n) is 13.4. The first-order valence-corrected chi connectivity index (χ1v) is 17.7. The van der Waals surface area contributed by atoms with E-state index in [1.807, 2.05) is 12.1 Å². The van der Waals surface area contributed by atoms with Crippen molar-refractivity contribution in [3.63, 3.8) is 0 Å². The molecular formula is C48H30N4. The molecule has 0 spiro atoms. The summed E-state index contributed by atoms with van der Waals surface area (Å²) < 4.78 is 2.48. The quantitative estimate of drug-likeness (QED) is 0.204. The molecule has 52 heavy (non-hydrogen) atoms. The van der Waals surface area contributed by atoms with Gasteiger partial charge >= 0.3 is 0 Å². The lowest BCUT2D eigenvalue weighted by atomic mass is 9.98. The Kier molecular flexibility index (Phi) is 6.22. The number of nitrogens with one attached hydrogen (secondary N) is 1. The highest BCUT2D eigenvalue weighted by atomic mass is 15.0. The van der Waals surface area contributed by atoms with Crippen LogP contribution in [0.4, 0.5) is 0 Å². The number of rotatable bonds is 4. The standard InChI is InChI=1S/C48H30N4/c1-3-14-31(15-4-1)41-29-42(32-16-5-2-6-17-32)51-48(50-41)33-23-26-34(27-24-33)52-46-35-18-8-7-13-30(35)25-28-39(46)44-43-38-21-11-12-22-40(38)49-45(43)36-19-9-10-20-37(36)47(44)52/h1-29,49H. The fourth-order valence-electron chi connectivity index (χ4n) is 8.18. The van der Waals surface area contributed by atoms with Crippen molar-refractivity contribution in [3.8, 4) is 39.6 Å². The van der Waals surface area contributed by atoms with Crippen LogP contribution in [0.3, 0.4) is 0 Å². The summed E-state index contributed by atoms with van der Waals surface area (Å²) in [7, 11) is 0. The van der Waals surface area contributed by atoms with Gasteiger partial charge in [-0.05, 0) is 41.8 Å². The molecule has 242 valence electrons. The summed E-state index contributed by atoms with van der Waals surface area (Å²) in [6.07, 6.45) is 0. The third-order valence-corrected chi connectivity index (χ3v) is 10.5. The van der Waals surface area contributed by atoms with Crippen molar-refractivity contribution < 1.29 is 0 Å². The number of hydrogen-bond acceptors (Lipinski definition) is 2. The lowest BCUT2D eigenvalue weighted by Gasteiger charge is -2.13. The van der Waals surface area contributed by atoms with E-state index in [4.69, 9.17) is 9.97 Å². The number of aromatic nitrogens is 4. The van der Waals surface area contributed by atoms with E-state index in [0.29, 0.717) is 5.82 Å². The highest BCUT2D eigenvalue weighted by molar-refractivity contribution is 6.38. The van der Waals surface area contributed by atoms with E-state index in [1.165, 1.54) is 59.6 Å². The molecule has 4 heteroatoms. The maximum absolute atomic E-state index is 5.11. The molecular weight excluding hydrogens is 633 g/mol. The van der Waals surface area contributed by atoms with Gasteiger partial charge in [0.2, 0.25) is 0 Å². The molecule has 0 unspecified atom stereocenters. The van der Waals surface area contributed by atoms with E-state index >= 15 is 0 Å². The second-order valence-corrected chi connectivity index (χ2v) is 13.4. The molecule has 0 atom stereocenters. The number of H-pyrrole nitrogens is 1. The molecule has 3 heterocycles. The van der Waals surface area contributed by atoms with Crippen LogP contribution in [0, 0.1) is 0 Å². The van der Waals surface area contributed by atoms with Crippen molar-refractivity contribution in [3.05, 3.63) is 176 Å². The van der Waals surface area contributed by atoms with Crippen LogP contribution < -0.4 is 0 Å². The van der Waals surface area contributed by atoms with Crippen molar-refractivity contribution in [2.75, 3.05) is 0 Å². The maximum Gasteiger partial charge on any atom is 0.160 e. The van der Waals surface area contributed by atoms with Crippen LogP contribution in [0.25, 0.3) is 105 Å². The van der Waals surface area contributed by atoms with Gasteiger partial charge in [-0.3, -0.25) is 0 Å². The summed E-state index contributed by atoms with van der Waals surface area (Å²) in [6.45, 7) is 0. The second kappa shape index (κ2) is 11.2. The zero-order chi connectivity index (χ0) is 34.2.